The number of carbonyl (C=O) groups excluding carboxylic acids is 1. The van der Waals surface area contributed by atoms with Crippen LogP contribution in [0.5, 0.6) is 0 Å². The second-order valence-corrected chi connectivity index (χ2v) is 7.45. The van der Waals surface area contributed by atoms with Crippen LogP contribution in [0, 0.1) is 5.92 Å². The minimum absolute atomic E-state index is 0.194. The maximum absolute atomic E-state index is 11.5. The summed E-state index contributed by atoms with van der Waals surface area (Å²) in [6.45, 7) is 13.7. The number of piperazine rings is 1. The van der Waals surface area contributed by atoms with E-state index in [1.165, 1.54) is 0 Å². The molecule has 2 saturated heterocycles. The minimum Gasteiger partial charge on any atom is -0.340 e. The minimum atomic E-state index is 0.194. The van der Waals surface area contributed by atoms with Crippen LogP contribution in [0.2, 0.25) is 0 Å². The van der Waals surface area contributed by atoms with Crippen LogP contribution in [0.4, 0.5) is 0 Å². The van der Waals surface area contributed by atoms with Crippen molar-refractivity contribution in [2.45, 2.75) is 52.7 Å². The SMILES string of the molecule is CCCCn1nnnc1CN1C[C@@H](C)[C@H](N2CCN(C(C)=O)CC2)C1. The van der Waals surface area contributed by atoms with E-state index in [1.54, 1.807) is 6.92 Å². The number of rotatable bonds is 6. The number of amides is 1. The topological polar surface area (TPSA) is 70.4 Å². The third-order valence-corrected chi connectivity index (χ3v) is 5.57. The number of carbonyl (C=O) groups is 1. The summed E-state index contributed by atoms with van der Waals surface area (Å²) in [4.78, 5) is 18.5. The van der Waals surface area contributed by atoms with Crippen LogP contribution in [-0.2, 0) is 17.9 Å². The maximum atomic E-state index is 11.5. The first-order chi connectivity index (χ1) is 12.1. The zero-order valence-corrected chi connectivity index (χ0v) is 15.8. The smallest absolute Gasteiger partial charge is 0.219 e. The monoisotopic (exact) mass is 349 g/mol. The second kappa shape index (κ2) is 8.23. The Morgan fingerprint density at radius 3 is 2.64 bits per heavy atom. The molecule has 25 heavy (non-hydrogen) atoms. The van der Waals surface area contributed by atoms with Gasteiger partial charge < -0.3 is 4.90 Å². The molecule has 0 spiro atoms. The number of tetrazole rings is 1. The van der Waals surface area contributed by atoms with Crippen molar-refractivity contribution in [3.63, 3.8) is 0 Å². The summed E-state index contributed by atoms with van der Waals surface area (Å²) in [5, 5.41) is 12.2. The van der Waals surface area contributed by atoms with Crippen molar-refractivity contribution in [2.75, 3.05) is 39.3 Å². The van der Waals surface area contributed by atoms with E-state index in [-0.39, 0.29) is 5.91 Å². The second-order valence-electron chi connectivity index (χ2n) is 7.45. The first kappa shape index (κ1) is 18.3. The molecule has 1 aromatic heterocycles. The van der Waals surface area contributed by atoms with Gasteiger partial charge in [-0.15, -0.1) is 5.10 Å². The van der Waals surface area contributed by atoms with Crippen molar-refractivity contribution in [2.24, 2.45) is 5.92 Å². The molecule has 0 bridgehead atoms. The van der Waals surface area contributed by atoms with E-state index in [1.807, 2.05) is 9.58 Å². The molecule has 0 aliphatic carbocycles. The lowest BCUT2D eigenvalue weighted by molar-refractivity contribution is -0.130. The molecular formula is C17H31N7O. The number of unbranched alkanes of at least 4 members (excludes halogenated alkanes) is 1. The fourth-order valence-corrected chi connectivity index (χ4v) is 4.04. The van der Waals surface area contributed by atoms with Gasteiger partial charge >= 0.3 is 0 Å². The molecule has 0 radical (unpaired) electrons. The Morgan fingerprint density at radius 2 is 1.96 bits per heavy atom. The average Bonchev–Trinajstić information content (AvgIpc) is 3.19. The van der Waals surface area contributed by atoms with Crippen LogP contribution < -0.4 is 0 Å². The summed E-state index contributed by atoms with van der Waals surface area (Å²) in [6.07, 6.45) is 2.26. The molecule has 8 nitrogen and oxygen atoms in total. The highest BCUT2D eigenvalue weighted by Crippen LogP contribution is 2.24. The molecule has 140 valence electrons. The normalized spacial score (nSPS) is 25.6. The summed E-state index contributed by atoms with van der Waals surface area (Å²) >= 11 is 0. The van der Waals surface area contributed by atoms with Crippen LogP contribution in [0.1, 0.15) is 39.4 Å². The van der Waals surface area contributed by atoms with Gasteiger partial charge in [0, 0.05) is 58.8 Å². The molecule has 2 aliphatic rings. The largest absolute Gasteiger partial charge is 0.340 e. The van der Waals surface area contributed by atoms with Crippen LogP contribution in [-0.4, -0.2) is 86.1 Å². The summed E-state index contributed by atoms with van der Waals surface area (Å²) in [5.41, 5.74) is 0. The third kappa shape index (κ3) is 4.36. The summed E-state index contributed by atoms with van der Waals surface area (Å²) in [7, 11) is 0. The predicted molar refractivity (Wildman–Crippen MR) is 94.8 cm³/mol. The quantitative estimate of drug-likeness (QED) is 0.743. The molecule has 0 saturated carbocycles. The van der Waals surface area contributed by atoms with Gasteiger partial charge in [-0.25, -0.2) is 4.68 Å². The first-order valence-electron chi connectivity index (χ1n) is 9.55. The van der Waals surface area contributed by atoms with Gasteiger partial charge in [0.05, 0.1) is 6.54 Å². The van der Waals surface area contributed by atoms with E-state index in [4.69, 9.17) is 0 Å². The molecule has 8 heteroatoms. The van der Waals surface area contributed by atoms with Crippen molar-refractivity contribution in [3.05, 3.63) is 5.82 Å². The third-order valence-electron chi connectivity index (χ3n) is 5.57. The molecule has 2 fully saturated rings. The van der Waals surface area contributed by atoms with E-state index in [0.29, 0.717) is 12.0 Å². The molecule has 3 heterocycles. The number of nitrogens with zero attached hydrogens (tertiary/aromatic N) is 7. The Morgan fingerprint density at radius 1 is 1.20 bits per heavy atom. The van der Waals surface area contributed by atoms with Gasteiger partial charge in [0.1, 0.15) is 0 Å². The molecule has 0 N–H and O–H groups in total. The fraction of sp³-hybridized carbons (Fsp3) is 0.882. The molecule has 2 atom stereocenters. The Balaban J connectivity index is 1.53. The molecule has 3 rings (SSSR count). The van der Waals surface area contributed by atoms with Crippen molar-refractivity contribution in [1.29, 1.82) is 0 Å². The molecule has 1 amide bonds. The standard InChI is InChI=1S/C17H31N7O/c1-4-5-6-24-17(18-19-20-24)13-21-11-14(2)16(12-21)23-9-7-22(8-10-23)15(3)25/h14,16H,4-13H2,1-3H3/t14-,16-/m1/s1. The Bertz CT molecular complexity index is 567. The zero-order valence-electron chi connectivity index (χ0n) is 15.8. The Hall–Kier alpha value is -1.54. The highest BCUT2D eigenvalue weighted by atomic mass is 16.2. The van der Waals surface area contributed by atoms with Crippen molar-refractivity contribution >= 4 is 5.91 Å². The van der Waals surface area contributed by atoms with Crippen molar-refractivity contribution in [1.82, 2.24) is 34.9 Å². The number of likely N-dealkylation sites (tertiary alicyclic amines) is 1. The van der Waals surface area contributed by atoms with Crippen molar-refractivity contribution in [3.8, 4) is 0 Å². The van der Waals surface area contributed by atoms with Gasteiger partial charge in [-0.2, -0.15) is 0 Å². The first-order valence-corrected chi connectivity index (χ1v) is 9.55. The zero-order chi connectivity index (χ0) is 17.8. The van der Waals surface area contributed by atoms with E-state index in [2.05, 4.69) is 39.2 Å². The highest BCUT2D eigenvalue weighted by Gasteiger charge is 2.35. The van der Waals surface area contributed by atoms with E-state index in [9.17, 15) is 4.79 Å². The lowest BCUT2D eigenvalue weighted by Gasteiger charge is -2.39. The van der Waals surface area contributed by atoms with Gasteiger partial charge in [-0.3, -0.25) is 14.6 Å². The molecule has 2 aliphatic heterocycles. The fourth-order valence-electron chi connectivity index (χ4n) is 4.04. The molecule has 0 unspecified atom stereocenters. The number of aryl methyl sites for hydroxylation is 1. The molecule has 0 aromatic carbocycles. The molecular weight excluding hydrogens is 318 g/mol. The summed E-state index contributed by atoms with van der Waals surface area (Å²) in [6, 6.07) is 0.564. The van der Waals surface area contributed by atoms with E-state index in [0.717, 1.165) is 71.0 Å². The van der Waals surface area contributed by atoms with Crippen molar-refractivity contribution < 1.29 is 4.79 Å². The summed E-state index contributed by atoms with van der Waals surface area (Å²) < 4.78 is 1.95. The average molecular weight is 349 g/mol. The van der Waals surface area contributed by atoms with Gasteiger partial charge in [0.25, 0.3) is 0 Å². The van der Waals surface area contributed by atoms with Gasteiger partial charge in [-0.1, -0.05) is 20.3 Å². The predicted octanol–water partition coefficient (Wildman–Crippen LogP) is 0.458. The number of hydrogen-bond donors (Lipinski definition) is 0. The lowest BCUT2D eigenvalue weighted by Crippen LogP contribution is -2.53. The number of hydrogen-bond acceptors (Lipinski definition) is 6. The summed E-state index contributed by atoms with van der Waals surface area (Å²) in [5.74, 6) is 1.80. The van der Waals surface area contributed by atoms with Crippen LogP contribution in [0.3, 0.4) is 0 Å². The van der Waals surface area contributed by atoms with Crippen LogP contribution in [0.25, 0.3) is 0 Å². The Kier molecular flexibility index (Phi) is 6.01. The van der Waals surface area contributed by atoms with Crippen LogP contribution in [0.15, 0.2) is 0 Å². The highest BCUT2D eigenvalue weighted by molar-refractivity contribution is 5.73. The van der Waals surface area contributed by atoms with Gasteiger partial charge in [0.15, 0.2) is 5.82 Å². The van der Waals surface area contributed by atoms with Gasteiger partial charge in [0.2, 0.25) is 5.91 Å². The Labute approximate surface area is 150 Å². The van der Waals surface area contributed by atoms with E-state index < -0.39 is 0 Å². The molecule has 1 aromatic rings. The maximum Gasteiger partial charge on any atom is 0.219 e. The van der Waals surface area contributed by atoms with E-state index >= 15 is 0 Å². The van der Waals surface area contributed by atoms with Gasteiger partial charge in [-0.05, 0) is 22.8 Å². The number of aromatic nitrogens is 4. The lowest BCUT2D eigenvalue weighted by atomic mass is 10.0. The van der Waals surface area contributed by atoms with Crippen LogP contribution >= 0.6 is 0 Å².